The minimum Gasteiger partial charge on any atom is -0.342 e. The minimum absolute atomic E-state index is 0.333. The molecule has 0 aromatic carbocycles. The molecule has 0 aromatic rings. The van der Waals surface area contributed by atoms with Gasteiger partial charge in [-0.2, -0.15) is 0 Å². The van der Waals surface area contributed by atoms with Crippen molar-refractivity contribution in [3.05, 3.63) is 0 Å². The number of hydrogen-bond donors (Lipinski definition) is 0. The molecule has 0 radical (unpaired) electrons. The first-order valence-electron chi connectivity index (χ1n) is 8.42. The zero-order valence-corrected chi connectivity index (χ0v) is 13.2. The van der Waals surface area contributed by atoms with Gasteiger partial charge in [0.2, 0.25) is 5.91 Å². The molecular weight excluding hydrogens is 248 g/mol. The maximum Gasteiger partial charge on any atom is 0.226 e. The van der Waals surface area contributed by atoms with Crippen LogP contribution in [0.2, 0.25) is 0 Å². The fourth-order valence-electron chi connectivity index (χ4n) is 5.32. The molecule has 4 fully saturated rings. The van der Waals surface area contributed by atoms with Crippen LogP contribution in [0.15, 0.2) is 0 Å². The lowest BCUT2D eigenvalue weighted by atomic mass is 9.69. The summed E-state index contributed by atoms with van der Waals surface area (Å²) in [5, 5.41) is 0. The van der Waals surface area contributed by atoms with Gasteiger partial charge in [0, 0.05) is 31.1 Å². The van der Waals surface area contributed by atoms with Crippen molar-refractivity contribution in [3.8, 4) is 0 Å². The van der Waals surface area contributed by atoms with Gasteiger partial charge < -0.3 is 4.90 Å². The van der Waals surface area contributed by atoms with E-state index in [0.29, 0.717) is 28.2 Å². The molecule has 4 aliphatic rings. The van der Waals surface area contributed by atoms with Crippen LogP contribution in [0.5, 0.6) is 0 Å². The monoisotopic (exact) mass is 276 g/mol. The largest absolute Gasteiger partial charge is 0.342 e. The molecule has 0 N–H and O–H groups in total. The van der Waals surface area contributed by atoms with Crippen LogP contribution in [0.1, 0.15) is 52.9 Å². The molecule has 0 aromatic heterocycles. The van der Waals surface area contributed by atoms with E-state index in [9.17, 15) is 4.79 Å². The van der Waals surface area contributed by atoms with Crippen molar-refractivity contribution >= 4 is 5.91 Å². The van der Waals surface area contributed by atoms with Crippen molar-refractivity contribution in [3.63, 3.8) is 0 Å². The molecule has 0 bridgehead atoms. The minimum atomic E-state index is 0.333. The van der Waals surface area contributed by atoms with Gasteiger partial charge in [0.25, 0.3) is 0 Å². The molecule has 1 saturated carbocycles. The average molecular weight is 276 g/mol. The quantitative estimate of drug-likeness (QED) is 0.735. The summed E-state index contributed by atoms with van der Waals surface area (Å²) in [6.45, 7) is 11.7. The van der Waals surface area contributed by atoms with E-state index in [1.807, 2.05) is 0 Å². The summed E-state index contributed by atoms with van der Waals surface area (Å²) >= 11 is 0. The lowest BCUT2D eigenvalue weighted by Crippen LogP contribution is -2.49. The number of fused-ring (bicyclic) bond motifs is 1. The van der Waals surface area contributed by atoms with E-state index < -0.39 is 0 Å². The number of nitrogens with zero attached hydrogens (tertiary/aromatic N) is 2. The zero-order valence-electron chi connectivity index (χ0n) is 13.2. The van der Waals surface area contributed by atoms with E-state index in [4.69, 9.17) is 0 Å². The van der Waals surface area contributed by atoms with Gasteiger partial charge in [0.15, 0.2) is 0 Å². The Morgan fingerprint density at radius 1 is 1.15 bits per heavy atom. The Kier molecular flexibility index (Phi) is 2.49. The molecule has 1 amide bonds. The lowest BCUT2D eigenvalue weighted by molar-refractivity contribution is -0.136. The Hall–Kier alpha value is -0.570. The van der Waals surface area contributed by atoms with Gasteiger partial charge in [-0.1, -0.05) is 20.8 Å². The van der Waals surface area contributed by atoms with Crippen molar-refractivity contribution in [1.82, 2.24) is 9.80 Å². The van der Waals surface area contributed by atoms with E-state index in [0.717, 1.165) is 19.5 Å². The van der Waals surface area contributed by atoms with Crippen molar-refractivity contribution < 1.29 is 4.79 Å². The predicted molar refractivity (Wildman–Crippen MR) is 79.3 cm³/mol. The summed E-state index contributed by atoms with van der Waals surface area (Å²) in [5.41, 5.74) is 1.05. The Bertz CT molecular complexity index is 450. The van der Waals surface area contributed by atoms with E-state index in [1.54, 1.807) is 0 Å². The van der Waals surface area contributed by atoms with Crippen LogP contribution in [0.4, 0.5) is 0 Å². The van der Waals surface area contributed by atoms with E-state index in [2.05, 4.69) is 30.6 Å². The number of carbonyl (C=O) groups is 1. The average Bonchev–Trinajstić information content (AvgIpc) is 2.60. The molecule has 3 heterocycles. The van der Waals surface area contributed by atoms with Gasteiger partial charge in [-0.15, -0.1) is 0 Å². The van der Waals surface area contributed by atoms with Crippen LogP contribution in [0, 0.1) is 16.7 Å². The van der Waals surface area contributed by atoms with Crippen LogP contribution in [0.25, 0.3) is 0 Å². The standard InChI is InChI=1S/C17H28N2O/c1-15(2,3)17-6-4-9-19(17)12-16(11-17)10-13(16)14(20)18-7-5-8-18/h13H,4-12H2,1-3H3. The molecule has 3 unspecified atom stereocenters. The fourth-order valence-corrected chi connectivity index (χ4v) is 5.32. The third kappa shape index (κ3) is 1.53. The first-order chi connectivity index (χ1) is 9.38. The van der Waals surface area contributed by atoms with Crippen molar-refractivity contribution in [2.24, 2.45) is 16.7 Å². The number of hydrogen-bond acceptors (Lipinski definition) is 2. The highest BCUT2D eigenvalue weighted by atomic mass is 16.2. The number of likely N-dealkylation sites (tertiary alicyclic amines) is 1. The summed E-state index contributed by atoms with van der Waals surface area (Å²) in [6.07, 6.45) is 6.33. The van der Waals surface area contributed by atoms with Crippen LogP contribution < -0.4 is 0 Å². The van der Waals surface area contributed by atoms with Gasteiger partial charge in [-0.3, -0.25) is 9.69 Å². The molecule has 3 atom stereocenters. The van der Waals surface area contributed by atoms with Gasteiger partial charge in [0.1, 0.15) is 0 Å². The molecule has 3 saturated heterocycles. The Labute approximate surface area is 122 Å². The van der Waals surface area contributed by atoms with Gasteiger partial charge in [-0.05, 0) is 49.5 Å². The Balaban J connectivity index is 1.55. The van der Waals surface area contributed by atoms with E-state index in [1.165, 1.54) is 38.8 Å². The molecule has 3 heteroatoms. The van der Waals surface area contributed by atoms with Crippen molar-refractivity contribution in [2.45, 2.75) is 58.4 Å². The molecule has 3 nitrogen and oxygen atoms in total. The molecular formula is C17H28N2O. The van der Waals surface area contributed by atoms with Crippen LogP contribution in [-0.2, 0) is 4.79 Å². The van der Waals surface area contributed by atoms with Crippen LogP contribution in [0.3, 0.4) is 0 Å². The van der Waals surface area contributed by atoms with Gasteiger partial charge in [0.05, 0.1) is 0 Å². The summed E-state index contributed by atoms with van der Waals surface area (Å²) in [5.74, 6) is 0.828. The second kappa shape index (κ2) is 3.79. The Morgan fingerprint density at radius 2 is 1.90 bits per heavy atom. The topological polar surface area (TPSA) is 23.6 Å². The van der Waals surface area contributed by atoms with Crippen LogP contribution >= 0.6 is 0 Å². The highest BCUT2D eigenvalue weighted by Crippen LogP contribution is 2.68. The summed E-state index contributed by atoms with van der Waals surface area (Å²) in [4.78, 5) is 17.4. The maximum atomic E-state index is 12.5. The highest BCUT2D eigenvalue weighted by Gasteiger charge is 2.70. The fraction of sp³-hybridized carbons (Fsp3) is 0.941. The number of amides is 1. The summed E-state index contributed by atoms with van der Waals surface area (Å²) < 4.78 is 0. The Morgan fingerprint density at radius 3 is 2.45 bits per heavy atom. The first-order valence-corrected chi connectivity index (χ1v) is 8.42. The van der Waals surface area contributed by atoms with Gasteiger partial charge in [-0.25, -0.2) is 0 Å². The van der Waals surface area contributed by atoms with Gasteiger partial charge >= 0.3 is 0 Å². The first kappa shape index (κ1) is 13.1. The third-order valence-corrected chi connectivity index (χ3v) is 6.83. The zero-order chi connectivity index (χ0) is 14.2. The summed E-state index contributed by atoms with van der Waals surface area (Å²) in [7, 11) is 0. The third-order valence-electron chi connectivity index (χ3n) is 6.83. The number of rotatable bonds is 1. The van der Waals surface area contributed by atoms with Crippen LogP contribution in [-0.4, -0.2) is 47.4 Å². The normalized spacial score (nSPS) is 43.8. The second-order valence-corrected chi connectivity index (χ2v) is 8.78. The smallest absolute Gasteiger partial charge is 0.226 e. The highest BCUT2D eigenvalue weighted by molar-refractivity contribution is 5.83. The molecule has 4 rings (SSSR count). The predicted octanol–water partition coefficient (Wildman–Crippen LogP) is 2.51. The van der Waals surface area contributed by atoms with E-state index >= 15 is 0 Å². The van der Waals surface area contributed by atoms with Crippen molar-refractivity contribution in [1.29, 1.82) is 0 Å². The lowest BCUT2D eigenvalue weighted by Gasteiger charge is -2.44. The number of carbonyl (C=O) groups excluding carboxylic acids is 1. The SMILES string of the molecule is CC(C)(C)C12CCCN1CC1(CC1C(=O)N1CCC1)C2. The molecule has 1 spiro atoms. The second-order valence-electron chi connectivity index (χ2n) is 8.78. The van der Waals surface area contributed by atoms with E-state index in [-0.39, 0.29) is 0 Å². The van der Waals surface area contributed by atoms with Crippen molar-refractivity contribution in [2.75, 3.05) is 26.2 Å². The summed E-state index contributed by atoms with van der Waals surface area (Å²) in [6, 6.07) is 0. The maximum absolute atomic E-state index is 12.5. The molecule has 1 aliphatic carbocycles. The molecule has 112 valence electrons. The molecule has 20 heavy (non-hydrogen) atoms. The molecule has 3 aliphatic heterocycles.